The van der Waals surface area contributed by atoms with Crippen molar-refractivity contribution in [3.8, 4) is 5.75 Å². The minimum atomic E-state index is -4.75. The second-order valence-electron chi connectivity index (χ2n) is 5.67. The van der Waals surface area contributed by atoms with Crippen LogP contribution < -0.4 is 15.8 Å². The van der Waals surface area contributed by atoms with E-state index < -0.39 is 12.4 Å². The molecular formula is C16H21F3N2O3. The predicted octanol–water partition coefficient (Wildman–Crippen LogP) is 2.00. The highest BCUT2D eigenvalue weighted by molar-refractivity contribution is 5.81. The lowest BCUT2D eigenvalue weighted by Gasteiger charge is -2.26. The van der Waals surface area contributed by atoms with Crippen LogP contribution in [0, 0.1) is 5.92 Å². The number of carbonyl (C=O) groups is 1. The molecule has 0 spiro atoms. The minimum Gasteiger partial charge on any atom is -0.406 e. The second-order valence-corrected chi connectivity index (χ2v) is 5.67. The lowest BCUT2D eigenvalue weighted by molar-refractivity contribution is -0.274. The third-order valence-corrected chi connectivity index (χ3v) is 3.97. The molecule has 1 atom stereocenters. The average Bonchev–Trinajstić information content (AvgIpc) is 2.55. The van der Waals surface area contributed by atoms with Gasteiger partial charge in [-0.15, -0.1) is 13.2 Å². The van der Waals surface area contributed by atoms with Crippen LogP contribution in [0.3, 0.4) is 0 Å². The van der Waals surface area contributed by atoms with E-state index in [-0.39, 0.29) is 30.5 Å². The Morgan fingerprint density at radius 2 is 2.00 bits per heavy atom. The van der Waals surface area contributed by atoms with Crippen molar-refractivity contribution in [1.82, 2.24) is 5.32 Å². The molecule has 5 nitrogen and oxygen atoms in total. The van der Waals surface area contributed by atoms with Gasteiger partial charge in [0.1, 0.15) is 5.75 Å². The van der Waals surface area contributed by atoms with Gasteiger partial charge < -0.3 is 20.5 Å². The number of carbonyl (C=O) groups excluding carboxylic acids is 1. The first-order valence-corrected chi connectivity index (χ1v) is 7.81. The van der Waals surface area contributed by atoms with Gasteiger partial charge in [-0.2, -0.15) is 0 Å². The van der Waals surface area contributed by atoms with E-state index in [0.29, 0.717) is 18.8 Å². The molecule has 0 radical (unpaired) electrons. The molecule has 2 rings (SSSR count). The summed E-state index contributed by atoms with van der Waals surface area (Å²) in [7, 11) is 0. The van der Waals surface area contributed by atoms with Gasteiger partial charge in [-0.05, 0) is 36.8 Å². The topological polar surface area (TPSA) is 73.6 Å². The Bertz CT molecular complexity index is 546. The predicted molar refractivity (Wildman–Crippen MR) is 81.4 cm³/mol. The summed E-state index contributed by atoms with van der Waals surface area (Å²) >= 11 is 0. The maximum Gasteiger partial charge on any atom is 0.573 e. The highest BCUT2D eigenvalue weighted by atomic mass is 19.4. The number of nitrogens with one attached hydrogen (secondary N) is 1. The number of hydrogen-bond donors (Lipinski definition) is 2. The highest BCUT2D eigenvalue weighted by Crippen LogP contribution is 2.26. The molecule has 0 aliphatic carbocycles. The van der Waals surface area contributed by atoms with E-state index in [1.54, 1.807) is 6.07 Å². The summed E-state index contributed by atoms with van der Waals surface area (Å²) in [6, 6.07) is 5.23. The lowest BCUT2D eigenvalue weighted by Crippen LogP contribution is -2.47. The number of amides is 1. The van der Waals surface area contributed by atoms with Gasteiger partial charge in [-0.3, -0.25) is 4.79 Å². The van der Waals surface area contributed by atoms with E-state index in [0.717, 1.165) is 12.8 Å². The van der Waals surface area contributed by atoms with Gasteiger partial charge in [-0.1, -0.05) is 18.2 Å². The molecule has 1 heterocycles. The van der Waals surface area contributed by atoms with Gasteiger partial charge >= 0.3 is 6.36 Å². The van der Waals surface area contributed by atoms with Crippen LogP contribution in [0.2, 0.25) is 0 Å². The van der Waals surface area contributed by atoms with Gasteiger partial charge in [-0.25, -0.2) is 0 Å². The smallest absolute Gasteiger partial charge is 0.406 e. The molecule has 1 saturated heterocycles. The van der Waals surface area contributed by atoms with Crippen molar-refractivity contribution in [2.45, 2.75) is 31.7 Å². The van der Waals surface area contributed by atoms with E-state index >= 15 is 0 Å². The number of benzene rings is 1. The Balaban J connectivity index is 1.84. The molecule has 3 N–H and O–H groups in total. The fourth-order valence-corrected chi connectivity index (χ4v) is 2.66. The van der Waals surface area contributed by atoms with Gasteiger partial charge in [0.05, 0.1) is 6.04 Å². The lowest BCUT2D eigenvalue weighted by atomic mass is 9.92. The quantitative estimate of drug-likeness (QED) is 0.826. The standard InChI is InChI=1S/C16H21F3N2O3/c17-16(18,19)24-13-4-2-1-3-11(13)5-8-21-15(22)14(20)12-6-9-23-10-7-12/h1-4,12,14H,5-10,20H2,(H,21,22). The number of ether oxygens (including phenoxy) is 2. The van der Waals surface area contributed by atoms with Crippen molar-refractivity contribution in [2.24, 2.45) is 11.7 Å². The fraction of sp³-hybridized carbons (Fsp3) is 0.562. The first-order valence-electron chi connectivity index (χ1n) is 7.81. The minimum absolute atomic E-state index is 0.0691. The van der Waals surface area contributed by atoms with E-state index in [9.17, 15) is 18.0 Å². The molecule has 1 amide bonds. The van der Waals surface area contributed by atoms with Crippen molar-refractivity contribution in [3.05, 3.63) is 29.8 Å². The molecule has 1 fully saturated rings. The van der Waals surface area contributed by atoms with Gasteiger partial charge in [0.15, 0.2) is 0 Å². The molecule has 0 bridgehead atoms. The second kappa shape index (κ2) is 8.34. The Morgan fingerprint density at radius 3 is 2.67 bits per heavy atom. The zero-order valence-electron chi connectivity index (χ0n) is 13.1. The molecule has 1 aromatic rings. The molecule has 8 heteroatoms. The van der Waals surface area contributed by atoms with Crippen LogP contribution in [0.25, 0.3) is 0 Å². The van der Waals surface area contributed by atoms with Crippen LogP contribution in [-0.4, -0.2) is 38.1 Å². The number of para-hydroxylation sites is 1. The zero-order chi connectivity index (χ0) is 17.6. The summed E-state index contributed by atoms with van der Waals surface area (Å²) in [5, 5.41) is 2.68. The van der Waals surface area contributed by atoms with Crippen molar-refractivity contribution in [3.63, 3.8) is 0 Å². The molecule has 0 saturated carbocycles. The average molecular weight is 346 g/mol. The molecule has 1 aliphatic heterocycles. The molecule has 1 unspecified atom stereocenters. The normalized spacial score (nSPS) is 17.3. The molecule has 1 aromatic carbocycles. The van der Waals surface area contributed by atoms with E-state index in [4.69, 9.17) is 10.5 Å². The van der Waals surface area contributed by atoms with E-state index in [1.807, 2.05) is 0 Å². The molecule has 134 valence electrons. The number of rotatable bonds is 6. The van der Waals surface area contributed by atoms with Crippen LogP contribution in [-0.2, 0) is 16.0 Å². The van der Waals surface area contributed by atoms with Crippen LogP contribution in [0.4, 0.5) is 13.2 Å². The SMILES string of the molecule is NC(C(=O)NCCc1ccccc1OC(F)(F)F)C1CCOCC1. The monoisotopic (exact) mass is 346 g/mol. The summed E-state index contributed by atoms with van der Waals surface area (Å²) in [5.41, 5.74) is 6.31. The van der Waals surface area contributed by atoms with Gasteiger partial charge in [0.25, 0.3) is 0 Å². The highest BCUT2D eigenvalue weighted by Gasteiger charge is 2.32. The fourth-order valence-electron chi connectivity index (χ4n) is 2.66. The zero-order valence-corrected chi connectivity index (χ0v) is 13.1. The maximum atomic E-state index is 12.4. The molecule has 1 aliphatic rings. The largest absolute Gasteiger partial charge is 0.573 e. The third kappa shape index (κ3) is 5.68. The number of halogens is 3. The Hall–Kier alpha value is -1.80. The van der Waals surface area contributed by atoms with E-state index in [2.05, 4.69) is 10.1 Å². The first-order chi connectivity index (χ1) is 11.4. The van der Waals surface area contributed by atoms with Crippen LogP contribution in [0.5, 0.6) is 5.75 Å². The van der Waals surface area contributed by atoms with Gasteiger partial charge in [0.2, 0.25) is 5.91 Å². The molecule has 24 heavy (non-hydrogen) atoms. The Kier molecular flexibility index (Phi) is 6.44. The van der Waals surface area contributed by atoms with Crippen molar-refractivity contribution >= 4 is 5.91 Å². The van der Waals surface area contributed by atoms with Crippen molar-refractivity contribution < 1.29 is 27.4 Å². The molecule has 0 aromatic heterocycles. The summed E-state index contributed by atoms with van der Waals surface area (Å²) in [5.74, 6) is -0.483. The van der Waals surface area contributed by atoms with E-state index in [1.165, 1.54) is 18.2 Å². The van der Waals surface area contributed by atoms with Crippen LogP contribution in [0.1, 0.15) is 18.4 Å². The van der Waals surface area contributed by atoms with Crippen LogP contribution in [0.15, 0.2) is 24.3 Å². The van der Waals surface area contributed by atoms with Crippen molar-refractivity contribution in [1.29, 1.82) is 0 Å². The Labute approximate surface area is 138 Å². The van der Waals surface area contributed by atoms with Crippen LogP contribution >= 0.6 is 0 Å². The number of alkyl halides is 3. The summed E-state index contributed by atoms with van der Waals surface area (Å²) in [4.78, 5) is 12.1. The van der Waals surface area contributed by atoms with Gasteiger partial charge in [0, 0.05) is 19.8 Å². The summed E-state index contributed by atoms with van der Waals surface area (Å²) < 4.78 is 46.3. The van der Waals surface area contributed by atoms with Crippen molar-refractivity contribution in [2.75, 3.05) is 19.8 Å². The molecular weight excluding hydrogens is 325 g/mol. The maximum absolute atomic E-state index is 12.4. The first kappa shape index (κ1) is 18.5. The summed E-state index contributed by atoms with van der Waals surface area (Å²) in [6.07, 6.45) is -3.06. The third-order valence-electron chi connectivity index (χ3n) is 3.97. The summed E-state index contributed by atoms with van der Waals surface area (Å²) in [6.45, 7) is 1.37. The number of hydrogen-bond acceptors (Lipinski definition) is 4. The number of nitrogens with two attached hydrogens (primary N) is 1. The Morgan fingerprint density at radius 1 is 1.33 bits per heavy atom.